The molecular formula is C43H32F8O. The minimum Gasteiger partial charge on any atom is -0.429 e. The Hall–Kier alpha value is -5.62. The molecule has 0 heterocycles. The van der Waals surface area contributed by atoms with Crippen LogP contribution in [-0.2, 0) is 12.5 Å². The van der Waals surface area contributed by atoms with Gasteiger partial charge in [-0.3, -0.25) is 0 Å². The van der Waals surface area contributed by atoms with E-state index >= 15 is 0 Å². The van der Waals surface area contributed by atoms with Crippen LogP contribution in [0.5, 0.6) is 5.75 Å². The minimum absolute atomic E-state index is 0.0288. The summed E-state index contributed by atoms with van der Waals surface area (Å²) in [5.41, 5.74) is 2.46. The van der Waals surface area contributed by atoms with E-state index in [1.807, 2.05) is 18.2 Å². The number of benzene rings is 6. The number of fused-ring (bicyclic) bond motifs is 1. The molecule has 0 saturated carbocycles. The molecule has 0 spiro atoms. The Balaban J connectivity index is 0.000000257. The van der Waals surface area contributed by atoms with Gasteiger partial charge in [0, 0.05) is 22.8 Å². The normalized spacial score (nSPS) is 11.1. The number of halogens is 8. The second kappa shape index (κ2) is 16.2. The first kappa shape index (κ1) is 37.6. The van der Waals surface area contributed by atoms with Crippen LogP contribution in [0.25, 0.3) is 21.9 Å². The zero-order chi connectivity index (χ0) is 37.6. The summed E-state index contributed by atoms with van der Waals surface area (Å²) in [7, 11) is 0. The predicted octanol–water partition coefficient (Wildman–Crippen LogP) is 12.5. The van der Waals surface area contributed by atoms with Crippen molar-refractivity contribution >= 4 is 10.8 Å². The number of ether oxygens (including phenoxy) is 1. The van der Waals surface area contributed by atoms with Crippen molar-refractivity contribution in [1.29, 1.82) is 0 Å². The third-order valence-corrected chi connectivity index (χ3v) is 8.15. The molecule has 0 unspecified atom stereocenters. The molecule has 6 rings (SSSR count). The molecule has 0 aliphatic heterocycles. The standard InChI is InChI=1S/C30H24F4O.C13H8F4/c1-3-4-6-21-10-13-25-17-22(11-14-24(25)16-21)9-12-23-18-29(32)28(15-20(23)2)30(33,34)35-27-8-5-7-26(31)19-27;1-7-2-3-9(10(14)4-7)8-5-11(15)13(17)12(16)6-8/h5,7-8,10-11,13-19H,3-4,6H2,1-2H3;2-6H,1H3. The molecule has 0 aromatic heterocycles. The van der Waals surface area contributed by atoms with E-state index in [9.17, 15) is 35.1 Å². The monoisotopic (exact) mass is 716 g/mol. The van der Waals surface area contributed by atoms with Gasteiger partial charge < -0.3 is 4.74 Å². The van der Waals surface area contributed by atoms with Gasteiger partial charge in [0.05, 0.1) is 0 Å². The summed E-state index contributed by atoms with van der Waals surface area (Å²) in [4.78, 5) is 0. The average Bonchev–Trinajstić information content (AvgIpc) is 3.09. The van der Waals surface area contributed by atoms with E-state index in [4.69, 9.17) is 0 Å². The molecule has 0 radical (unpaired) electrons. The van der Waals surface area contributed by atoms with Crippen molar-refractivity contribution in [3.05, 3.63) is 171 Å². The van der Waals surface area contributed by atoms with Crippen molar-refractivity contribution < 1.29 is 39.9 Å². The molecule has 0 N–H and O–H groups in total. The van der Waals surface area contributed by atoms with Crippen LogP contribution in [0.3, 0.4) is 0 Å². The maximum Gasteiger partial charge on any atom is 0.429 e. The molecular weight excluding hydrogens is 684 g/mol. The molecule has 6 aromatic carbocycles. The Labute approximate surface area is 296 Å². The van der Waals surface area contributed by atoms with Crippen molar-refractivity contribution in [3.63, 3.8) is 0 Å². The summed E-state index contributed by atoms with van der Waals surface area (Å²) in [5.74, 6) is -1.22. The van der Waals surface area contributed by atoms with Gasteiger partial charge in [-0.05, 0) is 114 Å². The van der Waals surface area contributed by atoms with Crippen LogP contribution in [0.1, 0.15) is 53.1 Å². The Morgan fingerprint density at radius 3 is 2.06 bits per heavy atom. The fourth-order valence-electron chi connectivity index (χ4n) is 5.39. The van der Waals surface area contributed by atoms with Gasteiger partial charge in [0.2, 0.25) is 0 Å². The third-order valence-electron chi connectivity index (χ3n) is 8.15. The maximum atomic E-state index is 14.7. The topological polar surface area (TPSA) is 9.23 Å². The number of alkyl halides is 2. The van der Waals surface area contributed by atoms with Crippen LogP contribution in [0, 0.1) is 60.6 Å². The van der Waals surface area contributed by atoms with Crippen molar-refractivity contribution in [1.82, 2.24) is 0 Å². The molecule has 52 heavy (non-hydrogen) atoms. The van der Waals surface area contributed by atoms with Crippen LogP contribution < -0.4 is 4.74 Å². The second-order valence-corrected chi connectivity index (χ2v) is 12.2. The van der Waals surface area contributed by atoms with E-state index in [1.165, 1.54) is 29.8 Å². The lowest BCUT2D eigenvalue weighted by Crippen LogP contribution is -2.24. The Morgan fingerprint density at radius 1 is 0.654 bits per heavy atom. The van der Waals surface area contributed by atoms with E-state index in [1.54, 1.807) is 19.9 Å². The first-order valence-corrected chi connectivity index (χ1v) is 16.3. The first-order chi connectivity index (χ1) is 24.7. The fraction of sp³-hybridized carbons (Fsp3) is 0.163. The summed E-state index contributed by atoms with van der Waals surface area (Å²) in [6, 6.07) is 24.3. The van der Waals surface area contributed by atoms with E-state index in [0.29, 0.717) is 16.7 Å². The zero-order valence-electron chi connectivity index (χ0n) is 28.4. The van der Waals surface area contributed by atoms with Gasteiger partial charge in [-0.25, -0.2) is 26.3 Å². The van der Waals surface area contributed by atoms with Gasteiger partial charge in [-0.15, -0.1) is 0 Å². The molecule has 266 valence electrons. The fourth-order valence-corrected chi connectivity index (χ4v) is 5.39. The number of hydrogen-bond acceptors (Lipinski definition) is 1. The molecule has 0 aliphatic rings. The average molecular weight is 717 g/mol. The van der Waals surface area contributed by atoms with Crippen LogP contribution in [0.2, 0.25) is 0 Å². The molecule has 0 atom stereocenters. The van der Waals surface area contributed by atoms with E-state index in [0.717, 1.165) is 72.0 Å². The number of hydrogen-bond donors (Lipinski definition) is 0. The van der Waals surface area contributed by atoms with Crippen LogP contribution >= 0.6 is 0 Å². The van der Waals surface area contributed by atoms with Crippen LogP contribution in [0.4, 0.5) is 35.1 Å². The number of aryl methyl sites for hydroxylation is 3. The number of unbranched alkanes of at least 4 members (excludes halogenated alkanes) is 1. The predicted molar refractivity (Wildman–Crippen MR) is 187 cm³/mol. The molecule has 9 heteroatoms. The lowest BCUT2D eigenvalue weighted by Gasteiger charge is -2.19. The first-order valence-electron chi connectivity index (χ1n) is 16.3. The van der Waals surface area contributed by atoms with Crippen LogP contribution in [0.15, 0.2) is 103 Å². The minimum atomic E-state index is -3.98. The Morgan fingerprint density at radius 2 is 1.37 bits per heavy atom. The highest BCUT2D eigenvalue weighted by Gasteiger charge is 2.38. The molecule has 0 fully saturated rings. The largest absolute Gasteiger partial charge is 0.429 e. The highest BCUT2D eigenvalue weighted by Crippen LogP contribution is 2.35. The van der Waals surface area contributed by atoms with Gasteiger partial charge in [-0.1, -0.05) is 67.6 Å². The lowest BCUT2D eigenvalue weighted by atomic mass is 10.0. The molecule has 0 bridgehead atoms. The quantitative estimate of drug-likeness (QED) is 0.0908. The summed E-state index contributed by atoms with van der Waals surface area (Å²) in [5, 5.41) is 2.17. The number of rotatable bonds is 7. The van der Waals surface area contributed by atoms with Crippen molar-refractivity contribution in [2.75, 3.05) is 0 Å². The molecule has 0 aliphatic carbocycles. The van der Waals surface area contributed by atoms with Crippen LogP contribution in [-0.4, -0.2) is 0 Å². The zero-order valence-corrected chi connectivity index (χ0v) is 28.4. The lowest BCUT2D eigenvalue weighted by molar-refractivity contribution is -0.187. The van der Waals surface area contributed by atoms with Gasteiger partial charge >= 0.3 is 6.11 Å². The maximum absolute atomic E-state index is 14.7. The van der Waals surface area contributed by atoms with Crippen molar-refractivity contribution in [2.45, 2.75) is 46.1 Å². The SMILES string of the molecule is CCCCc1ccc2cc(C#Cc3cc(F)c(C(F)(F)Oc4cccc(F)c4)cc3C)ccc2c1.Cc1ccc(-c2cc(F)c(F)c(F)c2)c(F)c1. The summed E-state index contributed by atoms with van der Waals surface area (Å²) >= 11 is 0. The van der Waals surface area contributed by atoms with Gasteiger partial charge in [0.1, 0.15) is 28.8 Å². The summed E-state index contributed by atoms with van der Waals surface area (Å²) < 4.78 is 114. The van der Waals surface area contributed by atoms with Crippen molar-refractivity contribution in [2.24, 2.45) is 0 Å². The summed E-state index contributed by atoms with van der Waals surface area (Å²) in [6.07, 6.45) is -0.651. The highest BCUT2D eigenvalue weighted by molar-refractivity contribution is 5.84. The Kier molecular flexibility index (Phi) is 11.7. The highest BCUT2D eigenvalue weighted by atomic mass is 19.3. The smallest absolute Gasteiger partial charge is 0.429 e. The summed E-state index contributed by atoms with van der Waals surface area (Å²) in [6.45, 7) is 5.43. The van der Waals surface area contributed by atoms with Crippen molar-refractivity contribution in [3.8, 4) is 28.7 Å². The molecule has 0 amide bonds. The molecule has 6 aromatic rings. The molecule has 1 nitrogen and oxygen atoms in total. The van der Waals surface area contributed by atoms with E-state index in [-0.39, 0.29) is 11.1 Å². The second-order valence-electron chi connectivity index (χ2n) is 12.2. The van der Waals surface area contributed by atoms with Gasteiger partial charge in [0.25, 0.3) is 0 Å². The Bertz CT molecular complexity index is 2280. The van der Waals surface area contributed by atoms with E-state index in [2.05, 4.69) is 41.7 Å². The van der Waals surface area contributed by atoms with Gasteiger partial charge in [0.15, 0.2) is 17.5 Å². The van der Waals surface area contributed by atoms with Gasteiger partial charge in [-0.2, -0.15) is 8.78 Å². The molecule has 0 saturated heterocycles. The third kappa shape index (κ3) is 9.18. The van der Waals surface area contributed by atoms with E-state index < -0.39 is 52.3 Å².